The fraction of sp³-hybridized carbons (Fsp3) is 0.500. The van der Waals surface area contributed by atoms with Gasteiger partial charge in [-0.15, -0.1) is 0 Å². The average Bonchev–Trinajstić information content (AvgIpc) is 3.00. The van der Waals surface area contributed by atoms with Crippen molar-refractivity contribution >= 4 is 0 Å². The third-order valence-electron chi connectivity index (χ3n) is 2.52. The van der Waals surface area contributed by atoms with E-state index in [-0.39, 0.29) is 12.6 Å². The zero-order valence-electron chi connectivity index (χ0n) is 7.48. The third kappa shape index (κ3) is 1.87. The Morgan fingerprint density at radius 2 is 2.31 bits per heavy atom. The van der Waals surface area contributed by atoms with Crippen LogP contribution in [0.3, 0.4) is 0 Å². The number of nitrogens with zero attached hydrogens (tertiary/aromatic N) is 1. The van der Waals surface area contributed by atoms with Gasteiger partial charge in [0.25, 0.3) is 0 Å². The van der Waals surface area contributed by atoms with E-state index in [1.165, 1.54) is 12.8 Å². The van der Waals surface area contributed by atoms with Crippen LogP contribution >= 0.6 is 0 Å². The van der Waals surface area contributed by atoms with Crippen molar-refractivity contribution in [3.63, 3.8) is 0 Å². The quantitative estimate of drug-likeness (QED) is 0.725. The van der Waals surface area contributed by atoms with E-state index in [1.54, 1.807) is 6.20 Å². The molecule has 0 amide bonds. The fourth-order valence-electron chi connectivity index (χ4n) is 1.45. The molecular formula is C10H14N2O. The average molecular weight is 178 g/mol. The van der Waals surface area contributed by atoms with Crippen LogP contribution in [0.1, 0.15) is 30.1 Å². The Bertz CT molecular complexity index is 279. The van der Waals surface area contributed by atoms with E-state index >= 15 is 0 Å². The highest BCUT2D eigenvalue weighted by molar-refractivity contribution is 5.19. The van der Waals surface area contributed by atoms with Crippen LogP contribution in [0.5, 0.6) is 0 Å². The van der Waals surface area contributed by atoms with Crippen LogP contribution in [0.25, 0.3) is 0 Å². The first-order chi connectivity index (χ1) is 6.31. The van der Waals surface area contributed by atoms with Crippen molar-refractivity contribution in [2.45, 2.75) is 25.5 Å². The number of hydrogen-bond acceptors (Lipinski definition) is 3. The second-order valence-corrected chi connectivity index (χ2v) is 3.60. The van der Waals surface area contributed by atoms with E-state index in [1.807, 2.05) is 12.1 Å². The van der Waals surface area contributed by atoms with Crippen LogP contribution in [0.2, 0.25) is 0 Å². The van der Waals surface area contributed by atoms with Crippen molar-refractivity contribution in [2.24, 2.45) is 11.7 Å². The molecule has 2 rings (SSSR count). The molecule has 1 aliphatic carbocycles. The molecule has 0 spiro atoms. The highest BCUT2D eigenvalue weighted by Crippen LogP contribution is 2.39. The van der Waals surface area contributed by atoms with Gasteiger partial charge < -0.3 is 10.8 Å². The monoisotopic (exact) mass is 178 g/mol. The number of pyridine rings is 1. The number of nitrogens with two attached hydrogens (primary N) is 1. The smallest absolute Gasteiger partial charge is 0.0852 e. The van der Waals surface area contributed by atoms with Crippen molar-refractivity contribution in [1.82, 2.24) is 4.98 Å². The Kier molecular flexibility index (Phi) is 2.29. The van der Waals surface area contributed by atoms with Crippen molar-refractivity contribution in [2.75, 3.05) is 0 Å². The molecule has 0 aliphatic heterocycles. The van der Waals surface area contributed by atoms with Crippen molar-refractivity contribution in [3.05, 3.63) is 29.6 Å². The minimum atomic E-state index is -0.00104. The van der Waals surface area contributed by atoms with Crippen molar-refractivity contribution < 1.29 is 5.11 Å². The van der Waals surface area contributed by atoms with Gasteiger partial charge in [-0.1, -0.05) is 6.07 Å². The molecule has 1 aromatic heterocycles. The lowest BCUT2D eigenvalue weighted by Crippen LogP contribution is -2.12. The molecule has 1 fully saturated rings. The molecule has 3 heteroatoms. The van der Waals surface area contributed by atoms with Crippen molar-refractivity contribution in [1.29, 1.82) is 0 Å². The fourth-order valence-corrected chi connectivity index (χ4v) is 1.45. The molecule has 1 aromatic rings. The highest BCUT2D eigenvalue weighted by atomic mass is 16.3. The minimum absolute atomic E-state index is 0.00104. The molecule has 0 radical (unpaired) electrons. The third-order valence-corrected chi connectivity index (χ3v) is 2.52. The van der Waals surface area contributed by atoms with Gasteiger partial charge in [-0.25, -0.2) is 0 Å². The molecule has 1 heterocycles. The zero-order valence-corrected chi connectivity index (χ0v) is 7.48. The van der Waals surface area contributed by atoms with E-state index in [0.717, 1.165) is 5.56 Å². The normalized spacial score (nSPS) is 18.6. The van der Waals surface area contributed by atoms with Gasteiger partial charge in [0.2, 0.25) is 0 Å². The van der Waals surface area contributed by atoms with Gasteiger partial charge in [0.1, 0.15) is 0 Å². The van der Waals surface area contributed by atoms with E-state index in [4.69, 9.17) is 10.8 Å². The van der Waals surface area contributed by atoms with Crippen LogP contribution in [0, 0.1) is 5.92 Å². The standard InChI is InChI=1S/C10H14N2O/c11-10(7-1-2-7)8-3-4-9(6-13)12-5-8/h3-5,7,10,13H,1-2,6,11H2/t10-/m1/s1. The van der Waals surface area contributed by atoms with Gasteiger partial charge in [0, 0.05) is 12.2 Å². The molecule has 70 valence electrons. The lowest BCUT2D eigenvalue weighted by molar-refractivity contribution is 0.277. The Morgan fingerprint density at radius 1 is 1.54 bits per heavy atom. The van der Waals surface area contributed by atoms with Crippen molar-refractivity contribution in [3.8, 4) is 0 Å². The molecule has 1 aliphatic rings. The Morgan fingerprint density at radius 3 is 2.77 bits per heavy atom. The van der Waals surface area contributed by atoms with E-state index in [0.29, 0.717) is 11.6 Å². The summed E-state index contributed by atoms with van der Waals surface area (Å²) in [5, 5.41) is 8.79. The summed E-state index contributed by atoms with van der Waals surface area (Å²) in [7, 11) is 0. The summed E-state index contributed by atoms with van der Waals surface area (Å²) in [5.74, 6) is 0.654. The maximum atomic E-state index is 8.79. The van der Waals surface area contributed by atoms with Gasteiger partial charge >= 0.3 is 0 Å². The highest BCUT2D eigenvalue weighted by Gasteiger charge is 2.29. The van der Waals surface area contributed by atoms with Gasteiger partial charge in [0.05, 0.1) is 12.3 Å². The topological polar surface area (TPSA) is 59.1 Å². The molecule has 3 N–H and O–H groups in total. The van der Waals surface area contributed by atoms with Crippen LogP contribution in [-0.2, 0) is 6.61 Å². The second kappa shape index (κ2) is 3.44. The maximum Gasteiger partial charge on any atom is 0.0852 e. The summed E-state index contributed by atoms with van der Waals surface area (Å²) >= 11 is 0. The number of aliphatic hydroxyl groups is 1. The first kappa shape index (κ1) is 8.66. The number of hydrogen-bond donors (Lipinski definition) is 2. The Hall–Kier alpha value is -0.930. The molecule has 0 aromatic carbocycles. The lowest BCUT2D eigenvalue weighted by Gasteiger charge is -2.09. The molecular weight excluding hydrogens is 164 g/mol. The SMILES string of the molecule is N[C@@H](c1ccc(CO)nc1)C1CC1. The second-order valence-electron chi connectivity index (χ2n) is 3.60. The summed E-state index contributed by atoms with van der Waals surface area (Å²) in [4.78, 5) is 4.10. The largest absolute Gasteiger partial charge is 0.390 e. The molecule has 1 saturated carbocycles. The summed E-state index contributed by atoms with van der Waals surface area (Å²) in [5.41, 5.74) is 7.77. The molecule has 3 nitrogen and oxygen atoms in total. The van der Waals surface area contributed by atoms with Crippen LogP contribution in [0.15, 0.2) is 18.3 Å². The van der Waals surface area contributed by atoms with Gasteiger partial charge in [0.15, 0.2) is 0 Å². The van der Waals surface area contributed by atoms with Crippen LogP contribution in [0.4, 0.5) is 0 Å². The van der Waals surface area contributed by atoms with Crippen LogP contribution in [-0.4, -0.2) is 10.1 Å². The number of aliphatic hydroxyl groups excluding tert-OH is 1. The molecule has 0 unspecified atom stereocenters. The zero-order chi connectivity index (χ0) is 9.26. The first-order valence-corrected chi connectivity index (χ1v) is 4.62. The first-order valence-electron chi connectivity index (χ1n) is 4.62. The number of aromatic nitrogens is 1. The lowest BCUT2D eigenvalue weighted by atomic mass is 10.1. The summed E-state index contributed by atoms with van der Waals surface area (Å²) < 4.78 is 0. The molecule has 13 heavy (non-hydrogen) atoms. The maximum absolute atomic E-state index is 8.79. The Labute approximate surface area is 77.6 Å². The van der Waals surface area contributed by atoms with Gasteiger partial charge in [-0.2, -0.15) is 0 Å². The summed E-state index contributed by atoms with van der Waals surface area (Å²) in [6.45, 7) is -0.00104. The predicted molar refractivity (Wildman–Crippen MR) is 49.8 cm³/mol. The summed E-state index contributed by atoms with van der Waals surface area (Å²) in [6.07, 6.45) is 4.25. The van der Waals surface area contributed by atoms with E-state index in [9.17, 15) is 0 Å². The van der Waals surface area contributed by atoms with E-state index < -0.39 is 0 Å². The van der Waals surface area contributed by atoms with E-state index in [2.05, 4.69) is 4.98 Å². The molecule has 1 atom stereocenters. The molecule has 0 saturated heterocycles. The van der Waals surface area contributed by atoms with Gasteiger partial charge in [-0.3, -0.25) is 4.98 Å². The predicted octanol–water partition coefficient (Wildman–Crippen LogP) is 0.984. The summed E-state index contributed by atoms with van der Waals surface area (Å²) in [6, 6.07) is 3.93. The minimum Gasteiger partial charge on any atom is -0.390 e. The molecule has 0 bridgehead atoms. The Balaban J connectivity index is 2.11. The van der Waals surface area contributed by atoms with Gasteiger partial charge in [-0.05, 0) is 30.4 Å². The number of rotatable bonds is 3. The van der Waals surface area contributed by atoms with Crippen LogP contribution < -0.4 is 5.73 Å².